The van der Waals surface area contributed by atoms with Gasteiger partial charge >= 0.3 is 18.3 Å². The van der Waals surface area contributed by atoms with E-state index in [1.165, 1.54) is 0 Å². The van der Waals surface area contributed by atoms with Gasteiger partial charge in [0.25, 0.3) is 5.41 Å². The molecule has 0 aromatic heterocycles. The molecule has 0 aliphatic heterocycles. The number of rotatable bonds is 2. The van der Waals surface area contributed by atoms with Gasteiger partial charge in [-0.3, -0.25) is 4.79 Å². The Labute approximate surface area is 81.2 Å². The highest BCUT2D eigenvalue weighted by Crippen LogP contribution is 2.53. The predicted molar refractivity (Wildman–Crippen MR) is 36.9 cm³/mol. The van der Waals surface area contributed by atoms with E-state index in [1.807, 2.05) is 0 Å². The molecule has 0 aromatic carbocycles. The van der Waals surface area contributed by atoms with Gasteiger partial charge in [-0.1, -0.05) is 6.92 Å². The molecule has 0 spiro atoms. The van der Waals surface area contributed by atoms with E-state index in [1.54, 1.807) is 0 Å². The molecular weight excluding hydrogens is 230 g/mol. The molecule has 0 saturated carbocycles. The van der Waals surface area contributed by atoms with Gasteiger partial charge in [0, 0.05) is 0 Å². The summed E-state index contributed by atoms with van der Waals surface area (Å²) >= 11 is 0. The molecule has 0 unspecified atom stereocenters. The Morgan fingerprint density at radius 2 is 1.40 bits per heavy atom. The van der Waals surface area contributed by atoms with Crippen LogP contribution in [0.25, 0.3) is 0 Å². The van der Waals surface area contributed by atoms with Crippen LogP contribution in [0.15, 0.2) is 0 Å². The zero-order valence-corrected chi connectivity index (χ0v) is 7.79. The molecule has 0 N–H and O–H groups in total. The number of hydrogen-bond acceptors (Lipinski definition) is 2. The molecule has 0 heterocycles. The largest absolute Gasteiger partial charge is 0.468 e. The summed E-state index contributed by atoms with van der Waals surface area (Å²) < 4.78 is 77.3. The van der Waals surface area contributed by atoms with Gasteiger partial charge in [0.1, 0.15) is 0 Å². The van der Waals surface area contributed by atoms with Crippen molar-refractivity contribution in [2.75, 3.05) is 7.11 Å². The minimum atomic E-state index is -5.73. The third-order valence-electron chi connectivity index (χ3n) is 2.03. The van der Waals surface area contributed by atoms with Crippen LogP contribution in [-0.2, 0) is 9.53 Å². The van der Waals surface area contributed by atoms with E-state index in [2.05, 4.69) is 4.74 Å². The smallest absolute Gasteiger partial charge is 0.413 e. The lowest BCUT2D eigenvalue weighted by molar-refractivity contribution is -0.332. The van der Waals surface area contributed by atoms with Crippen molar-refractivity contribution in [2.45, 2.75) is 25.7 Å². The fourth-order valence-electron chi connectivity index (χ4n) is 1.11. The van der Waals surface area contributed by atoms with Crippen LogP contribution in [0, 0.1) is 5.41 Å². The standard InChI is InChI=1S/C7H8F6O2/c1-3-5(4(14)15-2,6(8,9)10)7(11,12)13/h3H2,1-2H3. The Morgan fingerprint density at radius 1 is 1.07 bits per heavy atom. The van der Waals surface area contributed by atoms with Gasteiger partial charge in [-0.05, 0) is 6.42 Å². The third-order valence-corrected chi connectivity index (χ3v) is 2.03. The average Bonchev–Trinajstić information content (AvgIpc) is 2.00. The van der Waals surface area contributed by atoms with Gasteiger partial charge in [0.2, 0.25) is 0 Å². The van der Waals surface area contributed by atoms with Gasteiger partial charge in [-0.15, -0.1) is 0 Å². The maximum Gasteiger partial charge on any atom is 0.413 e. The molecule has 15 heavy (non-hydrogen) atoms. The summed E-state index contributed by atoms with van der Waals surface area (Å²) in [5.74, 6) is -2.34. The monoisotopic (exact) mass is 238 g/mol. The van der Waals surface area contributed by atoms with Crippen molar-refractivity contribution in [1.29, 1.82) is 0 Å². The first-order chi connectivity index (χ1) is 6.54. The Hall–Kier alpha value is -0.950. The van der Waals surface area contributed by atoms with Crippen molar-refractivity contribution in [3.05, 3.63) is 0 Å². The average molecular weight is 238 g/mol. The highest BCUT2D eigenvalue weighted by Gasteiger charge is 2.75. The number of halogens is 6. The summed E-state index contributed by atoms with van der Waals surface area (Å²) in [5.41, 5.74) is -4.44. The molecule has 0 bridgehead atoms. The van der Waals surface area contributed by atoms with Crippen LogP contribution in [0.2, 0.25) is 0 Å². The SMILES string of the molecule is CCC(C(=O)OC)(C(F)(F)F)C(F)(F)F. The van der Waals surface area contributed by atoms with Gasteiger partial charge < -0.3 is 4.74 Å². The second-order valence-corrected chi connectivity index (χ2v) is 2.75. The van der Waals surface area contributed by atoms with E-state index < -0.39 is 30.2 Å². The third kappa shape index (κ3) is 2.03. The molecular formula is C7H8F6O2. The first-order valence-corrected chi connectivity index (χ1v) is 3.76. The van der Waals surface area contributed by atoms with E-state index >= 15 is 0 Å². The van der Waals surface area contributed by atoms with E-state index in [-0.39, 0.29) is 0 Å². The molecule has 0 rings (SSSR count). The van der Waals surface area contributed by atoms with Crippen molar-refractivity contribution in [3.63, 3.8) is 0 Å². The Morgan fingerprint density at radius 3 is 1.47 bits per heavy atom. The van der Waals surface area contributed by atoms with E-state index in [0.717, 1.165) is 0 Å². The van der Waals surface area contributed by atoms with Crippen molar-refractivity contribution in [1.82, 2.24) is 0 Å². The van der Waals surface area contributed by atoms with Gasteiger partial charge in [-0.25, -0.2) is 0 Å². The topological polar surface area (TPSA) is 26.3 Å². The van der Waals surface area contributed by atoms with Gasteiger partial charge in [0.15, 0.2) is 0 Å². The molecule has 0 saturated heterocycles. The maximum atomic E-state index is 12.3. The molecule has 8 heteroatoms. The van der Waals surface area contributed by atoms with E-state index in [0.29, 0.717) is 14.0 Å². The molecule has 0 radical (unpaired) electrons. The number of hydrogen-bond donors (Lipinski definition) is 0. The van der Waals surface area contributed by atoms with Crippen LogP contribution in [-0.4, -0.2) is 25.4 Å². The minimum absolute atomic E-state index is 0.476. The second kappa shape index (κ2) is 3.90. The van der Waals surface area contributed by atoms with Crippen LogP contribution in [0.5, 0.6) is 0 Å². The molecule has 0 aliphatic rings. The lowest BCUT2D eigenvalue weighted by Crippen LogP contribution is -2.55. The second-order valence-electron chi connectivity index (χ2n) is 2.75. The van der Waals surface area contributed by atoms with E-state index in [9.17, 15) is 31.1 Å². The molecule has 0 atom stereocenters. The minimum Gasteiger partial charge on any atom is -0.468 e. The lowest BCUT2D eigenvalue weighted by Gasteiger charge is -2.33. The number of esters is 1. The lowest BCUT2D eigenvalue weighted by atomic mass is 9.83. The fraction of sp³-hybridized carbons (Fsp3) is 0.857. The van der Waals surface area contributed by atoms with E-state index in [4.69, 9.17) is 0 Å². The van der Waals surface area contributed by atoms with Crippen LogP contribution in [0.1, 0.15) is 13.3 Å². The Kier molecular flexibility index (Phi) is 3.65. The predicted octanol–water partition coefficient (Wildman–Crippen LogP) is 2.68. The number of methoxy groups -OCH3 is 1. The first kappa shape index (κ1) is 14.0. The zero-order valence-electron chi connectivity index (χ0n) is 7.79. The molecule has 0 aliphatic carbocycles. The number of carbonyl (C=O) groups is 1. The van der Waals surface area contributed by atoms with Crippen molar-refractivity contribution in [3.8, 4) is 0 Å². The Bertz CT molecular complexity index is 227. The molecule has 0 aromatic rings. The van der Waals surface area contributed by atoms with Crippen LogP contribution in [0.3, 0.4) is 0 Å². The number of carbonyl (C=O) groups excluding carboxylic acids is 1. The van der Waals surface area contributed by atoms with Crippen LogP contribution >= 0.6 is 0 Å². The summed E-state index contributed by atoms with van der Waals surface area (Å²) in [6.07, 6.45) is -12.9. The number of ether oxygens (including phenoxy) is 1. The zero-order chi connectivity index (χ0) is 12.5. The summed E-state index contributed by atoms with van der Waals surface area (Å²) in [6.45, 7) is 0.623. The maximum absolute atomic E-state index is 12.3. The highest BCUT2D eigenvalue weighted by atomic mass is 19.4. The van der Waals surface area contributed by atoms with Crippen molar-refractivity contribution in [2.24, 2.45) is 5.41 Å². The van der Waals surface area contributed by atoms with Crippen LogP contribution < -0.4 is 0 Å². The fourth-order valence-corrected chi connectivity index (χ4v) is 1.11. The summed E-state index contributed by atoms with van der Waals surface area (Å²) in [7, 11) is 0.476. The molecule has 0 fully saturated rings. The van der Waals surface area contributed by atoms with Crippen molar-refractivity contribution >= 4 is 5.97 Å². The summed E-state index contributed by atoms with van der Waals surface area (Å²) in [5, 5.41) is 0. The van der Waals surface area contributed by atoms with Gasteiger partial charge in [-0.2, -0.15) is 26.3 Å². The first-order valence-electron chi connectivity index (χ1n) is 3.76. The van der Waals surface area contributed by atoms with Gasteiger partial charge in [0.05, 0.1) is 7.11 Å². The molecule has 0 amide bonds. The number of alkyl halides is 6. The highest BCUT2D eigenvalue weighted by molar-refractivity contribution is 5.78. The molecule has 90 valence electrons. The van der Waals surface area contributed by atoms with Crippen LogP contribution in [0.4, 0.5) is 26.3 Å². The summed E-state index contributed by atoms with van der Waals surface area (Å²) in [4.78, 5) is 10.7. The summed E-state index contributed by atoms with van der Waals surface area (Å²) in [6, 6.07) is 0. The normalized spacial score (nSPS) is 13.9. The Balaban J connectivity index is 5.64. The van der Waals surface area contributed by atoms with Crippen molar-refractivity contribution < 1.29 is 35.9 Å². The quantitative estimate of drug-likeness (QED) is 0.546. The molecule has 2 nitrogen and oxygen atoms in total.